The van der Waals surface area contributed by atoms with E-state index in [0.29, 0.717) is 20.4 Å². The highest BCUT2D eigenvalue weighted by Crippen LogP contribution is 2.35. The minimum Gasteiger partial charge on any atom is -0.497 e. The van der Waals surface area contributed by atoms with Crippen LogP contribution in [0.3, 0.4) is 0 Å². The fourth-order valence-corrected chi connectivity index (χ4v) is 4.20. The fraction of sp³-hybridized carbons (Fsp3) is 0.0476. The Labute approximate surface area is 178 Å². The summed E-state index contributed by atoms with van der Waals surface area (Å²) in [4.78, 5) is 18.2. The van der Waals surface area contributed by atoms with Crippen LogP contribution in [0.4, 0.5) is 15.8 Å². The number of hydrogen-bond acceptors (Lipinski definition) is 5. The summed E-state index contributed by atoms with van der Waals surface area (Å²) >= 11 is 4.36. The van der Waals surface area contributed by atoms with Crippen LogP contribution in [0.15, 0.2) is 59.1 Å². The van der Waals surface area contributed by atoms with Gasteiger partial charge in [0.1, 0.15) is 21.3 Å². The molecule has 2 aromatic heterocycles. The standard InChI is InChI=1S/C21H15BrFN3O2S/c1-28-13-4-2-3-11(9-13)16-8-6-14-18(24)19(29-21(14)26-16)20(27)25-17-7-5-12(22)10-15(17)23/h2-10H,24H2,1H3,(H,25,27). The molecule has 0 aliphatic carbocycles. The van der Waals surface area contributed by atoms with Gasteiger partial charge in [0.15, 0.2) is 0 Å². The number of fused-ring (bicyclic) bond motifs is 1. The molecule has 4 aromatic rings. The number of carbonyl (C=O) groups excluding carboxylic acids is 1. The van der Waals surface area contributed by atoms with E-state index in [9.17, 15) is 9.18 Å². The number of aromatic nitrogens is 1. The number of nitrogens with zero attached hydrogens (tertiary/aromatic N) is 1. The summed E-state index contributed by atoms with van der Waals surface area (Å²) in [6, 6.07) is 15.6. The van der Waals surface area contributed by atoms with Crippen molar-refractivity contribution in [2.75, 3.05) is 18.2 Å². The number of carbonyl (C=O) groups is 1. The molecule has 5 nitrogen and oxygen atoms in total. The monoisotopic (exact) mass is 471 g/mol. The molecular weight excluding hydrogens is 457 g/mol. The number of nitrogens with two attached hydrogens (primary N) is 1. The summed E-state index contributed by atoms with van der Waals surface area (Å²) in [6.07, 6.45) is 0. The van der Waals surface area contributed by atoms with Gasteiger partial charge in [0.25, 0.3) is 5.91 Å². The lowest BCUT2D eigenvalue weighted by molar-refractivity contribution is 0.103. The largest absolute Gasteiger partial charge is 0.497 e. The van der Waals surface area contributed by atoms with Gasteiger partial charge in [0, 0.05) is 15.4 Å². The van der Waals surface area contributed by atoms with Crippen molar-refractivity contribution in [2.24, 2.45) is 0 Å². The highest BCUT2D eigenvalue weighted by Gasteiger charge is 2.19. The van der Waals surface area contributed by atoms with Gasteiger partial charge in [-0.05, 0) is 42.5 Å². The molecule has 0 fully saturated rings. The zero-order valence-electron chi connectivity index (χ0n) is 15.2. The minimum atomic E-state index is -0.536. The van der Waals surface area contributed by atoms with Crippen LogP contribution in [0, 0.1) is 5.82 Å². The summed E-state index contributed by atoms with van der Waals surface area (Å²) in [5, 5.41) is 3.25. The van der Waals surface area contributed by atoms with Gasteiger partial charge in [-0.3, -0.25) is 4.79 Å². The van der Waals surface area contributed by atoms with Crippen LogP contribution in [0.5, 0.6) is 5.75 Å². The summed E-state index contributed by atoms with van der Waals surface area (Å²) in [5.41, 5.74) is 8.22. The normalized spacial score (nSPS) is 10.9. The van der Waals surface area contributed by atoms with Crippen molar-refractivity contribution in [3.63, 3.8) is 0 Å². The van der Waals surface area contributed by atoms with E-state index in [4.69, 9.17) is 10.5 Å². The Bertz CT molecular complexity index is 1240. The van der Waals surface area contributed by atoms with Gasteiger partial charge in [-0.2, -0.15) is 0 Å². The molecule has 29 heavy (non-hydrogen) atoms. The lowest BCUT2D eigenvalue weighted by Crippen LogP contribution is -2.13. The Morgan fingerprint density at radius 1 is 1.21 bits per heavy atom. The molecule has 2 heterocycles. The van der Waals surface area contributed by atoms with Crippen molar-refractivity contribution in [3.05, 3.63) is 69.8 Å². The van der Waals surface area contributed by atoms with E-state index >= 15 is 0 Å². The van der Waals surface area contributed by atoms with Gasteiger partial charge in [0.2, 0.25) is 0 Å². The number of nitrogen functional groups attached to an aromatic ring is 1. The van der Waals surface area contributed by atoms with E-state index < -0.39 is 11.7 Å². The van der Waals surface area contributed by atoms with Gasteiger partial charge < -0.3 is 15.8 Å². The Balaban J connectivity index is 1.68. The quantitative estimate of drug-likeness (QED) is 0.399. The second-order valence-corrected chi connectivity index (χ2v) is 8.12. The minimum absolute atomic E-state index is 0.0834. The molecule has 0 radical (unpaired) electrons. The number of nitrogens with one attached hydrogen (secondary N) is 1. The molecule has 0 atom stereocenters. The number of pyridine rings is 1. The summed E-state index contributed by atoms with van der Waals surface area (Å²) in [6.45, 7) is 0. The van der Waals surface area contributed by atoms with Crippen LogP contribution in [0.25, 0.3) is 21.5 Å². The van der Waals surface area contributed by atoms with Crippen LogP contribution in [-0.4, -0.2) is 18.0 Å². The number of rotatable bonds is 4. The first-order chi connectivity index (χ1) is 14.0. The average Bonchev–Trinajstić information content (AvgIpc) is 3.06. The average molecular weight is 472 g/mol. The molecule has 0 saturated carbocycles. The highest BCUT2D eigenvalue weighted by atomic mass is 79.9. The molecule has 3 N–H and O–H groups in total. The van der Waals surface area contributed by atoms with Crippen LogP contribution in [0.1, 0.15) is 9.67 Å². The highest BCUT2D eigenvalue weighted by molar-refractivity contribution is 9.10. The lowest BCUT2D eigenvalue weighted by Gasteiger charge is -2.06. The molecule has 0 aliphatic rings. The van der Waals surface area contributed by atoms with Crippen LogP contribution < -0.4 is 15.8 Å². The Kier molecular flexibility index (Phi) is 5.21. The predicted octanol–water partition coefficient (Wildman–Crippen LogP) is 5.71. The summed E-state index contributed by atoms with van der Waals surface area (Å²) in [7, 11) is 1.61. The molecule has 146 valence electrons. The topological polar surface area (TPSA) is 77.2 Å². The smallest absolute Gasteiger partial charge is 0.268 e. The third-order valence-corrected chi connectivity index (χ3v) is 5.95. The number of ether oxygens (including phenoxy) is 1. The maximum absolute atomic E-state index is 14.0. The van der Waals surface area contributed by atoms with Gasteiger partial charge in [-0.15, -0.1) is 11.3 Å². The Morgan fingerprint density at radius 3 is 2.79 bits per heavy atom. The van der Waals surface area contributed by atoms with Crippen LogP contribution in [-0.2, 0) is 0 Å². The zero-order valence-corrected chi connectivity index (χ0v) is 17.6. The fourth-order valence-electron chi connectivity index (χ4n) is 2.88. The number of hydrogen-bond donors (Lipinski definition) is 2. The molecule has 4 rings (SSSR count). The van der Waals surface area contributed by atoms with Crippen molar-refractivity contribution in [1.82, 2.24) is 4.98 Å². The number of halogens is 2. The second-order valence-electron chi connectivity index (χ2n) is 6.20. The SMILES string of the molecule is COc1cccc(-c2ccc3c(N)c(C(=O)Nc4ccc(Br)cc4F)sc3n2)c1. The predicted molar refractivity (Wildman–Crippen MR) is 118 cm³/mol. The van der Waals surface area contributed by atoms with Gasteiger partial charge in [-0.1, -0.05) is 28.1 Å². The number of amides is 1. The van der Waals surface area contributed by atoms with Crippen molar-refractivity contribution in [2.45, 2.75) is 0 Å². The molecule has 0 spiro atoms. The second kappa shape index (κ2) is 7.81. The molecule has 0 aliphatic heterocycles. The first-order valence-electron chi connectivity index (χ1n) is 8.56. The molecule has 0 unspecified atom stereocenters. The molecule has 8 heteroatoms. The number of anilines is 2. The van der Waals surface area contributed by atoms with Gasteiger partial charge in [0.05, 0.1) is 24.2 Å². The van der Waals surface area contributed by atoms with Gasteiger partial charge >= 0.3 is 0 Å². The van der Waals surface area contributed by atoms with E-state index in [1.54, 1.807) is 13.2 Å². The van der Waals surface area contributed by atoms with Crippen molar-refractivity contribution in [3.8, 4) is 17.0 Å². The maximum Gasteiger partial charge on any atom is 0.268 e. The van der Waals surface area contributed by atoms with E-state index in [2.05, 4.69) is 26.2 Å². The van der Waals surface area contributed by atoms with Crippen molar-refractivity contribution in [1.29, 1.82) is 0 Å². The lowest BCUT2D eigenvalue weighted by atomic mass is 10.1. The van der Waals surface area contributed by atoms with E-state index in [-0.39, 0.29) is 10.6 Å². The van der Waals surface area contributed by atoms with E-state index in [0.717, 1.165) is 17.0 Å². The van der Waals surface area contributed by atoms with Crippen LogP contribution in [0.2, 0.25) is 0 Å². The van der Waals surface area contributed by atoms with E-state index in [1.807, 2.05) is 36.4 Å². The first-order valence-corrected chi connectivity index (χ1v) is 10.2. The molecule has 1 amide bonds. The molecule has 0 bridgehead atoms. The third kappa shape index (κ3) is 3.81. The molecule has 2 aromatic carbocycles. The molecular formula is C21H15BrFN3O2S. The summed E-state index contributed by atoms with van der Waals surface area (Å²) < 4.78 is 19.9. The number of methoxy groups -OCH3 is 1. The molecule has 0 saturated heterocycles. The first kappa shape index (κ1) is 19.4. The van der Waals surface area contributed by atoms with E-state index in [1.165, 1.54) is 23.5 Å². The Morgan fingerprint density at radius 2 is 2.03 bits per heavy atom. The van der Waals surface area contributed by atoms with Crippen molar-refractivity contribution >= 4 is 54.8 Å². The van der Waals surface area contributed by atoms with Crippen molar-refractivity contribution < 1.29 is 13.9 Å². The number of benzene rings is 2. The zero-order chi connectivity index (χ0) is 20.5. The van der Waals surface area contributed by atoms with Gasteiger partial charge in [-0.25, -0.2) is 9.37 Å². The Hall–Kier alpha value is -2.97. The third-order valence-electron chi connectivity index (χ3n) is 4.34. The van der Waals surface area contributed by atoms with Crippen LogP contribution >= 0.6 is 27.3 Å². The number of thiophene rings is 1. The summed E-state index contributed by atoms with van der Waals surface area (Å²) in [5.74, 6) is -0.285. The maximum atomic E-state index is 14.0.